The van der Waals surface area contributed by atoms with Crippen molar-refractivity contribution in [3.63, 3.8) is 0 Å². The van der Waals surface area contributed by atoms with Crippen LogP contribution in [0, 0.1) is 0 Å². The van der Waals surface area contributed by atoms with E-state index in [1.165, 1.54) is 0 Å². The van der Waals surface area contributed by atoms with Crippen molar-refractivity contribution in [3.8, 4) is 0 Å². The zero-order valence-electron chi connectivity index (χ0n) is 4.43. The van der Waals surface area contributed by atoms with Crippen LogP contribution in [0.3, 0.4) is 0 Å². The van der Waals surface area contributed by atoms with Gasteiger partial charge in [0, 0.05) is 5.75 Å². The molecule has 0 saturated carbocycles. The molecule has 0 aliphatic heterocycles. The molecule has 0 heterocycles. The smallest absolute Gasteiger partial charge is 0.277 e. The molecule has 0 aliphatic carbocycles. The summed E-state index contributed by atoms with van der Waals surface area (Å²) in [6.07, 6.45) is 0.952. The minimum Gasteiger partial charge on any atom is -0.277 e. The van der Waals surface area contributed by atoms with Gasteiger partial charge < -0.3 is 0 Å². The van der Waals surface area contributed by atoms with Crippen molar-refractivity contribution in [3.05, 3.63) is 0 Å². The van der Waals surface area contributed by atoms with Crippen LogP contribution in [0.4, 0.5) is 0 Å². The van der Waals surface area contributed by atoms with Crippen LogP contribution in [0.15, 0.2) is 0 Å². The zero-order chi connectivity index (χ0) is 6.62. The van der Waals surface area contributed by atoms with Crippen molar-refractivity contribution in [2.45, 2.75) is 13.3 Å². The van der Waals surface area contributed by atoms with Crippen LogP contribution in [-0.4, -0.2) is 5.75 Å². The number of hydrogen-bond donors (Lipinski definition) is 0. The molecule has 0 aromatic heterocycles. The van der Waals surface area contributed by atoms with Crippen LogP contribution in [0.25, 0.3) is 0 Å². The lowest BCUT2D eigenvalue weighted by Crippen LogP contribution is -1.65. The van der Waals surface area contributed by atoms with Gasteiger partial charge in [-0.25, -0.2) is 0 Å². The lowest BCUT2D eigenvalue weighted by molar-refractivity contribution is 0.600. The highest BCUT2D eigenvalue weighted by atomic mass is 35.9. The van der Waals surface area contributed by atoms with Crippen molar-refractivity contribution >= 4 is 38.9 Å². The summed E-state index contributed by atoms with van der Waals surface area (Å²) in [5.41, 5.74) is 0. The largest absolute Gasteiger partial charge is 0.307 e. The Morgan fingerprint density at radius 1 is 1.62 bits per heavy atom. The van der Waals surface area contributed by atoms with Gasteiger partial charge in [-0.15, -0.1) is 0 Å². The van der Waals surface area contributed by atoms with Gasteiger partial charge in [0.05, 0.1) is 0 Å². The van der Waals surface area contributed by atoms with Crippen molar-refractivity contribution in [1.82, 2.24) is 0 Å². The van der Waals surface area contributed by atoms with Gasteiger partial charge in [0.2, 0.25) is 0 Å². The fourth-order valence-corrected chi connectivity index (χ4v) is 3.02. The van der Waals surface area contributed by atoms with Crippen molar-refractivity contribution in [1.29, 1.82) is 0 Å². The molecule has 0 aromatic carbocycles. The third-order valence-corrected chi connectivity index (χ3v) is 4.54. The van der Waals surface area contributed by atoms with Gasteiger partial charge in [0.15, 0.2) is 0 Å². The molecule has 50 valence electrons. The lowest BCUT2D eigenvalue weighted by Gasteiger charge is -1.95. The van der Waals surface area contributed by atoms with Crippen LogP contribution in [0.2, 0.25) is 0 Å². The maximum atomic E-state index is 10.5. The van der Waals surface area contributed by atoms with E-state index in [2.05, 4.69) is 0 Å². The van der Waals surface area contributed by atoms with E-state index in [-0.39, 0.29) is 0 Å². The predicted molar refractivity (Wildman–Crippen MR) is 42.1 cm³/mol. The molecule has 0 aromatic rings. The van der Waals surface area contributed by atoms with Crippen LogP contribution in [-0.2, 0) is 4.57 Å². The fourth-order valence-electron chi connectivity index (χ4n) is 0.198. The van der Waals surface area contributed by atoms with Crippen LogP contribution < -0.4 is 0 Å². The van der Waals surface area contributed by atoms with E-state index < -0.39 is 5.05 Å². The zero-order valence-corrected chi connectivity index (χ0v) is 7.66. The van der Waals surface area contributed by atoms with Gasteiger partial charge in [-0.2, -0.15) is 0 Å². The molecule has 8 heavy (non-hydrogen) atoms. The van der Waals surface area contributed by atoms with E-state index in [0.29, 0.717) is 0 Å². The standard InChI is InChI=1S/C3H7Cl2OPS/c1-2-3-8-7(4,5)6/h2-3H2,1H3. The second-order valence-corrected chi connectivity index (χ2v) is 9.64. The highest BCUT2D eigenvalue weighted by Crippen LogP contribution is 2.67. The number of rotatable bonds is 3. The molecule has 0 N–H and O–H groups in total. The van der Waals surface area contributed by atoms with Gasteiger partial charge in [-0.3, -0.25) is 4.57 Å². The first-order valence-corrected chi connectivity index (χ1v) is 7.31. The highest BCUT2D eigenvalue weighted by molar-refractivity contribution is 8.72. The Morgan fingerprint density at radius 3 is 2.25 bits per heavy atom. The van der Waals surface area contributed by atoms with Crippen molar-refractivity contribution < 1.29 is 4.57 Å². The average molecular weight is 193 g/mol. The molecule has 0 unspecified atom stereocenters. The summed E-state index contributed by atoms with van der Waals surface area (Å²) in [7, 11) is 0. The van der Waals surface area contributed by atoms with E-state index in [9.17, 15) is 4.57 Å². The topological polar surface area (TPSA) is 17.1 Å². The molecule has 1 nitrogen and oxygen atoms in total. The minimum atomic E-state index is -2.82. The van der Waals surface area contributed by atoms with Crippen LogP contribution in [0.5, 0.6) is 0 Å². The second kappa shape index (κ2) is 4.05. The van der Waals surface area contributed by atoms with E-state index in [4.69, 9.17) is 22.5 Å². The molecule has 5 heteroatoms. The Morgan fingerprint density at radius 2 is 2.12 bits per heavy atom. The predicted octanol–water partition coefficient (Wildman–Crippen LogP) is 3.72. The van der Waals surface area contributed by atoms with E-state index in [1.54, 1.807) is 0 Å². The molecule has 0 amide bonds. The molecule has 0 aliphatic rings. The average Bonchev–Trinajstić information content (AvgIpc) is 1.59. The van der Waals surface area contributed by atoms with Crippen LogP contribution in [0.1, 0.15) is 13.3 Å². The summed E-state index contributed by atoms with van der Waals surface area (Å²) in [6, 6.07) is 0. The summed E-state index contributed by atoms with van der Waals surface area (Å²) in [5, 5.41) is -2.82. The molecular weight excluding hydrogens is 186 g/mol. The third-order valence-electron chi connectivity index (χ3n) is 0.446. The fraction of sp³-hybridized carbons (Fsp3) is 1.00. The van der Waals surface area contributed by atoms with Crippen LogP contribution >= 0.6 is 38.9 Å². The highest BCUT2D eigenvalue weighted by Gasteiger charge is 2.11. The van der Waals surface area contributed by atoms with Crippen molar-refractivity contribution in [2.75, 3.05) is 5.75 Å². The summed E-state index contributed by atoms with van der Waals surface area (Å²) < 4.78 is 10.5. The molecule has 0 bridgehead atoms. The van der Waals surface area contributed by atoms with Gasteiger partial charge in [0.25, 0.3) is 0 Å². The van der Waals surface area contributed by atoms with E-state index >= 15 is 0 Å². The Bertz CT molecular complexity index is 101. The molecule has 0 atom stereocenters. The summed E-state index contributed by atoms with van der Waals surface area (Å²) in [6.45, 7) is 1.98. The number of halogens is 2. The Labute approximate surface area is 62.8 Å². The van der Waals surface area contributed by atoms with E-state index in [1.807, 2.05) is 6.92 Å². The SMILES string of the molecule is CCCSP(=O)(Cl)Cl. The van der Waals surface area contributed by atoms with Gasteiger partial charge in [-0.1, -0.05) is 18.3 Å². The molecule has 0 rings (SSSR count). The summed E-state index contributed by atoms with van der Waals surface area (Å²) in [5.74, 6) is 0.768. The lowest BCUT2D eigenvalue weighted by atomic mass is 10.6. The van der Waals surface area contributed by atoms with E-state index in [0.717, 1.165) is 23.6 Å². The number of hydrogen-bond acceptors (Lipinski definition) is 2. The van der Waals surface area contributed by atoms with Gasteiger partial charge in [0.1, 0.15) is 0 Å². The first kappa shape index (κ1) is 9.16. The molecular formula is C3H7Cl2OPS. The summed E-state index contributed by atoms with van der Waals surface area (Å²) in [4.78, 5) is 0. The molecule has 0 spiro atoms. The Balaban J connectivity index is 3.26. The second-order valence-electron chi connectivity index (χ2n) is 1.25. The van der Waals surface area contributed by atoms with Crippen molar-refractivity contribution in [2.24, 2.45) is 0 Å². The summed E-state index contributed by atoms with van der Waals surface area (Å²) >= 11 is 11.5. The first-order valence-electron chi connectivity index (χ1n) is 2.20. The molecule has 0 fully saturated rings. The maximum Gasteiger partial charge on any atom is 0.307 e. The monoisotopic (exact) mass is 192 g/mol. The quantitative estimate of drug-likeness (QED) is 0.635. The molecule has 0 saturated heterocycles. The Hall–Kier alpha value is 1.16. The normalized spacial score (nSPS) is 11.9. The van der Waals surface area contributed by atoms with Gasteiger partial charge >= 0.3 is 5.05 Å². The maximum absolute atomic E-state index is 10.5. The minimum absolute atomic E-state index is 0.768. The Kier molecular flexibility index (Phi) is 4.64. The molecule has 0 radical (unpaired) electrons. The first-order chi connectivity index (χ1) is 3.56. The third kappa shape index (κ3) is 7.16. The van der Waals surface area contributed by atoms with Gasteiger partial charge in [-0.05, 0) is 28.9 Å².